The van der Waals surface area contributed by atoms with Gasteiger partial charge in [-0.1, -0.05) is 0 Å². The summed E-state index contributed by atoms with van der Waals surface area (Å²) in [5, 5.41) is 23.1. The molecule has 2 N–H and O–H groups in total. The van der Waals surface area contributed by atoms with Gasteiger partial charge in [-0.2, -0.15) is 5.26 Å². The predicted octanol–water partition coefficient (Wildman–Crippen LogP) is 2.39. The molecule has 2 aromatic rings. The molecular formula is C15H15N5O3S. The van der Waals surface area contributed by atoms with E-state index in [4.69, 9.17) is 10.5 Å². The van der Waals surface area contributed by atoms with E-state index in [1.165, 1.54) is 12.1 Å². The van der Waals surface area contributed by atoms with Crippen LogP contribution in [0.5, 0.6) is 0 Å². The standard InChI is InChI=1S/C15H15N5O3S/c1-9-8-24-15(18-9)13-7-19(2-3-23-13)11-4-10(6-16)14(20(21)22)12(17)5-11/h4-5,8,13H,2-3,7,17H2,1H3/t13-/m0/s1. The Labute approximate surface area is 142 Å². The number of nitrogens with zero attached hydrogens (tertiary/aromatic N) is 4. The predicted molar refractivity (Wildman–Crippen MR) is 90.0 cm³/mol. The van der Waals surface area contributed by atoms with Crippen LogP contribution in [0.2, 0.25) is 0 Å². The zero-order valence-electron chi connectivity index (χ0n) is 12.9. The van der Waals surface area contributed by atoms with Crippen LogP contribution < -0.4 is 10.6 Å². The molecule has 1 aromatic heterocycles. The number of nitro benzene ring substituents is 1. The van der Waals surface area contributed by atoms with Gasteiger partial charge in [0.15, 0.2) is 0 Å². The second kappa shape index (κ2) is 6.43. The molecule has 1 saturated heterocycles. The minimum absolute atomic E-state index is 0.0119. The number of morpholine rings is 1. The maximum atomic E-state index is 11.1. The number of hydrogen-bond acceptors (Lipinski definition) is 8. The molecule has 1 aliphatic heterocycles. The number of aromatic nitrogens is 1. The lowest BCUT2D eigenvalue weighted by atomic mass is 10.1. The number of thiazole rings is 1. The molecule has 24 heavy (non-hydrogen) atoms. The van der Waals surface area contributed by atoms with Crippen molar-refractivity contribution in [2.45, 2.75) is 13.0 Å². The maximum Gasteiger partial charge on any atom is 0.309 e. The Balaban J connectivity index is 1.90. The summed E-state index contributed by atoms with van der Waals surface area (Å²) in [5.41, 5.74) is 7.02. The van der Waals surface area contributed by atoms with Crippen molar-refractivity contribution in [2.24, 2.45) is 0 Å². The number of ether oxygens (including phenoxy) is 1. The molecule has 9 heteroatoms. The highest BCUT2D eigenvalue weighted by molar-refractivity contribution is 7.09. The van der Waals surface area contributed by atoms with Crippen molar-refractivity contribution in [3.05, 3.63) is 43.9 Å². The molecule has 0 radical (unpaired) electrons. The van der Waals surface area contributed by atoms with E-state index in [0.29, 0.717) is 25.4 Å². The molecule has 0 bridgehead atoms. The van der Waals surface area contributed by atoms with Crippen LogP contribution in [-0.2, 0) is 4.74 Å². The normalized spacial score (nSPS) is 17.5. The van der Waals surface area contributed by atoms with Crippen LogP contribution in [0, 0.1) is 28.4 Å². The second-order valence-electron chi connectivity index (χ2n) is 5.43. The molecule has 3 rings (SSSR count). The molecular weight excluding hydrogens is 330 g/mol. The zero-order chi connectivity index (χ0) is 17.3. The fourth-order valence-corrected chi connectivity index (χ4v) is 3.50. The fraction of sp³-hybridized carbons (Fsp3) is 0.333. The summed E-state index contributed by atoms with van der Waals surface area (Å²) in [6, 6.07) is 4.89. The molecule has 124 valence electrons. The van der Waals surface area contributed by atoms with Crippen LogP contribution in [-0.4, -0.2) is 29.6 Å². The highest BCUT2D eigenvalue weighted by atomic mass is 32.1. The Morgan fingerprint density at radius 2 is 2.38 bits per heavy atom. The zero-order valence-corrected chi connectivity index (χ0v) is 13.7. The van der Waals surface area contributed by atoms with Crippen LogP contribution in [0.3, 0.4) is 0 Å². The van der Waals surface area contributed by atoms with Crippen LogP contribution in [0.1, 0.15) is 22.4 Å². The van der Waals surface area contributed by atoms with Gasteiger partial charge in [-0.25, -0.2) is 4.98 Å². The first-order valence-electron chi connectivity index (χ1n) is 7.26. The Kier molecular flexibility index (Phi) is 4.33. The van der Waals surface area contributed by atoms with Crippen molar-refractivity contribution >= 4 is 28.4 Å². The first-order valence-corrected chi connectivity index (χ1v) is 8.14. The number of nitro groups is 1. The second-order valence-corrected chi connectivity index (χ2v) is 6.32. The van der Waals surface area contributed by atoms with Crippen molar-refractivity contribution in [3.63, 3.8) is 0 Å². The lowest BCUT2D eigenvalue weighted by Crippen LogP contribution is -2.38. The fourth-order valence-electron chi connectivity index (χ4n) is 2.67. The van der Waals surface area contributed by atoms with Crippen molar-refractivity contribution < 1.29 is 9.66 Å². The van der Waals surface area contributed by atoms with Crippen LogP contribution in [0.25, 0.3) is 0 Å². The molecule has 1 aliphatic rings. The topological polar surface area (TPSA) is 118 Å². The van der Waals surface area contributed by atoms with E-state index >= 15 is 0 Å². The number of benzene rings is 1. The van der Waals surface area contributed by atoms with E-state index in [1.807, 2.05) is 23.3 Å². The van der Waals surface area contributed by atoms with E-state index in [-0.39, 0.29) is 23.0 Å². The van der Waals surface area contributed by atoms with Gasteiger partial charge in [0.1, 0.15) is 28.4 Å². The van der Waals surface area contributed by atoms with Crippen molar-refractivity contribution in [3.8, 4) is 6.07 Å². The number of nitriles is 1. The largest absolute Gasteiger partial charge is 0.393 e. The number of nitrogen functional groups attached to an aromatic ring is 1. The highest BCUT2D eigenvalue weighted by Crippen LogP contribution is 2.34. The first-order chi connectivity index (χ1) is 11.5. The van der Waals surface area contributed by atoms with Crippen molar-refractivity contribution in [1.82, 2.24) is 4.98 Å². The van der Waals surface area contributed by atoms with Gasteiger partial charge < -0.3 is 15.4 Å². The summed E-state index contributed by atoms with van der Waals surface area (Å²) in [6.07, 6.45) is -0.167. The summed E-state index contributed by atoms with van der Waals surface area (Å²) in [7, 11) is 0. The Morgan fingerprint density at radius 1 is 1.58 bits per heavy atom. The number of anilines is 2. The van der Waals surface area contributed by atoms with Gasteiger partial charge in [0.05, 0.1) is 18.1 Å². The lowest BCUT2D eigenvalue weighted by Gasteiger charge is -2.33. The quantitative estimate of drug-likeness (QED) is 0.515. The van der Waals surface area contributed by atoms with Crippen LogP contribution in [0.4, 0.5) is 17.1 Å². The van der Waals surface area contributed by atoms with Gasteiger partial charge in [0.2, 0.25) is 0 Å². The first kappa shape index (κ1) is 16.2. The van der Waals surface area contributed by atoms with E-state index in [2.05, 4.69) is 4.98 Å². The van der Waals surface area contributed by atoms with E-state index in [9.17, 15) is 15.4 Å². The molecule has 2 heterocycles. The average molecular weight is 345 g/mol. The summed E-state index contributed by atoms with van der Waals surface area (Å²) in [4.78, 5) is 16.9. The minimum Gasteiger partial charge on any atom is -0.393 e. The van der Waals surface area contributed by atoms with Crippen LogP contribution in [0.15, 0.2) is 17.5 Å². The van der Waals surface area contributed by atoms with Gasteiger partial charge in [-0.15, -0.1) is 11.3 Å². The number of hydrogen-bond donors (Lipinski definition) is 1. The number of aryl methyl sites for hydroxylation is 1. The molecule has 1 aromatic carbocycles. The Bertz CT molecular complexity index is 829. The molecule has 1 fully saturated rings. The summed E-state index contributed by atoms with van der Waals surface area (Å²) in [5.74, 6) is 0. The summed E-state index contributed by atoms with van der Waals surface area (Å²) >= 11 is 1.54. The van der Waals surface area contributed by atoms with E-state index in [1.54, 1.807) is 11.3 Å². The molecule has 0 unspecified atom stereocenters. The van der Waals surface area contributed by atoms with Gasteiger partial charge in [-0.05, 0) is 19.1 Å². The van der Waals surface area contributed by atoms with Crippen LogP contribution >= 0.6 is 11.3 Å². The molecule has 0 spiro atoms. The van der Waals surface area contributed by atoms with Crippen molar-refractivity contribution in [2.75, 3.05) is 30.3 Å². The minimum atomic E-state index is -0.627. The third kappa shape index (κ3) is 3.02. The molecule has 1 atom stereocenters. The van der Waals surface area contributed by atoms with Crippen molar-refractivity contribution in [1.29, 1.82) is 5.26 Å². The monoisotopic (exact) mass is 345 g/mol. The molecule has 0 amide bonds. The lowest BCUT2D eigenvalue weighted by molar-refractivity contribution is -0.384. The van der Waals surface area contributed by atoms with Gasteiger partial charge in [0.25, 0.3) is 0 Å². The third-order valence-corrected chi connectivity index (χ3v) is 4.83. The number of rotatable bonds is 3. The molecule has 0 aliphatic carbocycles. The number of nitrogens with two attached hydrogens (primary N) is 1. The van der Waals surface area contributed by atoms with Gasteiger partial charge >= 0.3 is 5.69 Å². The van der Waals surface area contributed by atoms with E-state index < -0.39 is 4.92 Å². The average Bonchev–Trinajstić information content (AvgIpc) is 3.00. The van der Waals surface area contributed by atoms with E-state index in [0.717, 1.165) is 10.7 Å². The van der Waals surface area contributed by atoms with Gasteiger partial charge in [-0.3, -0.25) is 10.1 Å². The van der Waals surface area contributed by atoms with Gasteiger partial charge in [0, 0.05) is 23.3 Å². The Hall–Kier alpha value is -2.70. The highest BCUT2D eigenvalue weighted by Gasteiger charge is 2.27. The molecule has 0 saturated carbocycles. The summed E-state index contributed by atoms with van der Waals surface area (Å²) in [6.45, 7) is 3.59. The summed E-state index contributed by atoms with van der Waals surface area (Å²) < 4.78 is 5.78. The maximum absolute atomic E-state index is 11.1. The SMILES string of the molecule is Cc1csc([C@@H]2CN(c3cc(N)c([N+](=O)[O-])c(C#N)c3)CCO2)n1. The third-order valence-electron chi connectivity index (χ3n) is 3.77. The smallest absolute Gasteiger partial charge is 0.309 e. The molecule has 8 nitrogen and oxygen atoms in total. The Morgan fingerprint density at radius 3 is 3.00 bits per heavy atom.